The zero-order valence-electron chi connectivity index (χ0n) is 17.1. The van der Waals surface area contributed by atoms with Crippen molar-refractivity contribution in [3.63, 3.8) is 0 Å². The van der Waals surface area contributed by atoms with E-state index in [0.717, 1.165) is 22.3 Å². The Morgan fingerprint density at radius 1 is 0.970 bits per heavy atom. The van der Waals surface area contributed by atoms with Gasteiger partial charge in [-0.25, -0.2) is 5.43 Å². The molecule has 0 aliphatic heterocycles. The number of rotatable bonds is 5. The number of nitrogens with one attached hydrogen (secondary N) is 1. The van der Waals surface area contributed by atoms with Gasteiger partial charge >= 0.3 is 0 Å². The molecule has 4 aromatic rings. The van der Waals surface area contributed by atoms with Gasteiger partial charge in [-0.2, -0.15) is 5.10 Å². The molecule has 33 heavy (non-hydrogen) atoms. The van der Waals surface area contributed by atoms with Crippen LogP contribution >= 0.6 is 11.6 Å². The molecule has 0 spiro atoms. The van der Waals surface area contributed by atoms with E-state index in [1.54, 1.807) is 12.1 Å². The van der Waals surface area contributed by atoms with Gasteiger partial charge in [-0.3, -0.25) is 14.9 Å². The molecule has 1 N–H and O–H groups in total. The highest BCUT2D eigenvalue weighted by molar-refractivity contribution is 6.33. The molecule has 1 amide bonds. The Bertz CT molecular complexity index is 1380. The van der Waals surface area contributed by atoms with Crippen molar-refractivity contribution in [2.24, 2.45) is 5.10 Å². The van der Waals surface area contributed by atoms with Gasteiger partial charge in [-0.1, -0.05) is 60.1 Å². The van der Waals surface area contributed by atoms with Gasteiger partial charge in [0.15, 0.2) is 0 Å². The summed E-state index contributed by atoms with van der Waals surface area (Å²) in [6.45, 7) is 0. The lowest BCUT2D eigenvalue weighted by Gasteiger charge is -2.11. The molecule has 7 nitrogen and oxygen atoms in total. The standard InChI is InChI=1S/C25H16ClN3O4/c26-22-11-9-15(29(31)32)13-21(22)23-12-10-16(33-23)14-27-28-25(30)24-19-7-3-1-5-17(19)18-6-2-4-8-20(18)24/h1-14,24H,(H,28,30)/b27-14+. The average Bonchev–Trinajstić information content (AvgIpc) is 3.42. The lowest BCUT2D eigenvalue weighted by atomic mass is 9.96. The van der Waals surface area contributed by atoms with Crippen molar-refractivity contribution in [1.82, 2.24) is 5.43 Å². The lowest BCUT2D eigenvalue weighted by Crippen LogP contribution is -2.24. The van der Waals surface area contributed by atoms with E-state index >= 15 is 0 Å². The number of amides is 1. The van der Waals surface area contributed by atoms with E-state index in [9.17, 15) is 14.9 Å². The highest BCUT2D eigenvalue weighted by atomic mass is 35.5. The maximum Gasteiger partial charge on any atom is 0.270 e. The molecule has 0 bridgehead atoms. The summed E-state index contributed by atoms with van der Waals surface area (Å²) in [6, 6.07) is 23.0. The molecule has 0 unspecified atom stereocenters. The normalized spacial score (nSPS) is 12.5. The average molecular weight is 458 g/mol. The minimum Gasteiger partial charge on any atom is -0.455 e. The predicted molar refractivity (Wildman–Crippen MR) is 125 cm³/mol. The van der Waals surface area contributed by atoms with Gasteiger partial charge in [-0.05, 0) is 40.5 Å². The van der Waals surface area contributed by atoms with Crippen molar-refractivity contribution < 1.29 is 14.1 Å². The fourth-order valence-corrected chi connectivity index (χ4v) is 4.26. The SMILES string of the molecule is O=C(N/N=C/c1ccc(-c2cc([N+](=O)[O-])ccc2Cl)o1)C1c2ccccc2-c2ccccc21. The largest absolute Gasteiger partial charge is 0.455 e. The first kappa shape index (κ1) is 20.7. The maximum absolute atomic E-state index is 13.0. The van der Waals surface area contributed by atoms with Crippen LogP contribution < -0.4 is 5.43 Å². The molecule has 8 heteroatoms. The van der Waals surface area contributed by atoms with Crippen molar-refractivity contribution in [1.29, 1.82) is 0 Å². The molecule has 5 rings (SSSR count). The number of carbonyl (C=O) groups excluding carboxylic acids is 1. The summed E-state index contributed by atoms with van der Waals surface area (Å²) in [5.41, 5.74) is 6.86. The van der Waals surface area contributed by atoms with Crippen molar-refractivity contribution in [3.8, 4) is 22.5 Å². The van der Waals surface area contributed by atoms with Crippen LogP contribution in [0.25, 0.3) is 22.5 Å². The number of hydrazone groups is 1. The summed E-state index contributed by atoms with van der Waals surface area (Å²) in [7, 11) is 0. The van der Waals surface area contributed by atoms with Gasteiger partial charge in [0.05, 0.1) is 22.1 Å². The van der Waals surface area contributed by atoms with Gasteiger partial charge in [0.25, 0.3) is 11.6 Å². The van der Waals surface area contributed by atoms with E-state index < -0.39 is 10.8 Å². The van der Waals surface area contributed by atoms with Crippen LogP contribution in [0.15, 0.2) is 88.4 Å². The Hall–Kier alpha value is -4.23. The second kappa shape index (κ2) is 8.37. The van der Waals surface area contributed by atoms with E-state index in [-0.39, 0.29) is 11.6 Å². The van der Waals surface area contributed by atoms with Crippen molar-refractivity contribution in [2.75, 3.05) is 0 Å². The number of nitro benzene ring substituents is 1. The van der Waals surface area contributed by atoms with Crippen molar-refractivity contribution in [3.05, 3.63) is 111 Å². The zero-order chi connectivity index (χ0) is 22.9. The van der Waals surface area contributed by atoms with Crippen LogP contribution in [0.4, 0.5) is 5.69 Å². The topological polar surface area (TPSA) is 97.7 Å². The molecule has 0 saturated carbocycles. The minimum atomic E-state index is -0.500. The number of fused-ring (bicyclic) bond motifs is 3. The molecule has 0 radical (unpaired) electrons. The van der Waals surface area contributed by atoms with Gasteiger partial charge in [0, 0.05) is 17.7 Å². The number of hydrogen-bond acceptors (Lipinski definition) is 5. The molecular formula is C25H16ClN3O4. The third-order valence-corrected chi connectivity index (χ3v) is 5.85. The number of furan rings is 1. The van der Waals surface area contributed by atoms with Crippen LogP contribution in [-0.2, 0) is 4.79 Å². The Labute approximate surface area is 193 Å². The zero-order valence-corrected chi connectivity index (χ0v) is 17.8. The molecular weight excluding hydrogens is 442 g/mol. The van der Waals surface area contributed by atoms with Gasteiger partial charge < -0.3 is 4.42 Å². The molecule has 162 valence electrons. The van der Waals surface area contributed by atoms with Crippen molar-refractivity contribution >= 4 is 29.4 Å². The number of nitrogens with zero attached hydrogens (tertiary/aromatic N) is 2. The number of halogens is 1. The quantitative estimate of drug-likeness (QED) is 0.233. The third kappa shape index (κ3) is 3.79. The summed E-state index contributed by atoms with van der Waals surface area (Å²) in [5.74, 6) is 0.0118. The lowest BCUT2D eigenvalue weighted by molar-refractivity contribution is -0.384. The Balaban J connectivity index is 1.34. The fraction of sp³-hybridized carbons (Fsp3) is 0.0400. The molecule has 1 aliphatic rings. The van der Waals surface area contributed by atoms with Crippen LogP contribution in [0.5, 0.6) is 0 Å². The van der Waals surface area contributed by atoms with Crippen LogP contribution in [-0.4, -0.2) is 17.0 Å². The number of benzene rings is 3. The Kier molecular flexibility index (Phi) is 5.24. The van der Waals surface area contributed by atoms with Gasteiger partial charge in [-0.15, -0.1) is 0 Å². The van der Waals surface area contributed by atoms with Gasteiger partial charge in [0.2, 0.25) is 0 Å². The second-order valence-electron chi connectivity index (χ2n) is 7.47. The number of non-ortho nitro benzene ring substituents is 1. The molecule has 0 atom stereocenters. The second-order valence-corrected chi connectivity index (χ2v) is 7.87. The fourth-order valence-electron chi connectivity index (χ4n) is 4.04. The minimum absolute atomic E-state index is 0.0922. The van der Waals surface area contributed by atoms with Crippen LogP contribution in [0.2, 0.25) is 5.02 Å². The number of carbonyl (C=O) groups is 1. The summed E-state index contributed by atoms with van der Waals surface area (Å²) in [5, 5.41) is 15.4. The summed E-state index contributed by atoms with van der Waals surface area (Å²) in [4.78, 5) is 23.5. The first-order chi connectivity index (χ1) is 16.0. The molecule has 3 aromatic carbocycles. The molecule has 1 aromatic heterocycles. The monoisotopic (exact) mass is 457 g/mol. The molecule has 0 fully saturated rings. The smallest absolute Gasteiger partial charge is 0.270 e. The molecule has 0 saturated heterocycles. The molecule has 1 aliphatic carbocycles. The third-order valence-electron chi connectivity index (χ3n) is 5.52. The van der Waals surface area contributed by atoms with Crippen molar-refractivity contribution in [2.45, 2.75) is 5.92 Å². The van der Waals surface area contributed by atoms with Gasteiger partial charge in [0.1, 0.15) is 11.5 Å². The first-order valence-corrected chi connectivity index (χ1v) is 10.5. The van der Waals surface area contributed by atoms with Crippen LogP contribution in [0.3, 0.4) is 0 Å². The summed E-state index contributed by atoms with van der Waals surface area (Å²) >= 11 is 6.17. The van der Waals surface area contributed by atoms with E-state index in [1.165, 1.54) is 24.4 Å². The number of hydrogen-bond donors (Lipinski definition) is 1. The van der Waals surface area contributed by atoms with E-state index in [0.29, 0.717) is 22.1 Å². The first-order valence-electron chi connectivity index (χ1n) is 10.1. The predicted octanol–water partition coefficient (Wildman–Crippen LogP) is 5.77. The van der Waals surface area contributed by atoms with E-state index in [2.05, 4.69) is 10.5 Å². The highest BCUT2D eigenvalue weighted by Crippen LogP contribution is 2.44. The van der Waals surface area contributed by atoms with E-state index in [1.807, 2.05) is 48.5 Å². The van der Waals surface area contributed by atoms with E-state index in [4.69, 9.17) is 16.0 Å². The summed E-state index contributed by atoms with van der Waals surface area (Å²) in [6.07, 6.45) is 1.37. The highest BCUT2D eigenvalue weighted by Gasteiger charge is 2.33. The molecule has 1 heterocycles. The van der Waals surface area contributed by atoms with Crippen LogP contribution in [0, 0.1) is 10.1 Å². The summed E-state index contributed by atoms with van der Waals surface area (Å²) < 4.78 is 5.70. The Morgan fingerprint density at radius 2 is 1.64 bits per heavy atom. The maximum atomic E-state index is 13.0. The number of nitro groups is 1. The Morgan fingerprint density at radius 3 is 2.30 bits per heavy atom. The van der Waals surface area contributed by atoms with Crippen LogP contribution in [0.1, 0.15) is 22.8 Å².